The second kappa shape index (κ2) is 10.9. The van der Waals surface area contributed by atoms with Crippen molar-refractivity contribution in [1.82, 2.24) is 10.6 Å². The van der Waals surface area contributed by atoms with E-state index in [1.54, 1.807) is 32.0 Å². The van der Waals surface area contributed by atoms with Crippen LogP contribution in [-0.4, -0.2) is 30.0 Å². The molecule has 2 aromatic carbocycles. The summed E-state index contributed by atoms with van der Waals surface area (Å²) in [6.45, 7) is 3.52. The highest BCUT2D eigenvalue weighted by molar-refractivity contribution is 5.91. The van der Waals surface area contributed by atoms with E-state index < -0.39 is 35.8 Å². The van der Waals surface area contributed by atoms with Crippen LogP contribution in [-0.2, 0) is 27.4 Å². The molecule has 0 fully saturated rings. The molecule has 0 bridgehead atoms. The Hall–Kier alpha value is -3.42. The van der Waals surface area contributed by atoms with Crippen molar-refractivity contribution in [2.75, 3.05) is 0 Å². The van der Waals surface area contributed by atoms with E-state index in [4.69, 9.17) is 10.5 Å². The second-order valence-corrected chi connectivity index (χ2v) is 7.19. The van der Waals surface area contributed by atoms with Crippen molar-refractivity contribution < 1.29 is 23.5 Å². The summed E-state index contributed by atoms with van der Waals surface area (Å²) in [7, 11) is 0. The Morgan fingerprint density at radius 2 is 1.63 bits per heavy atom. The molecule has 0 spiro atoms. The average Bonchev–Trinajstić information content (AvgIpc) is 2.71. The standard InChI is InChI=1S/C22H26FN3O4/c1-14(2)19(26-22(29)30-13-15-8-4-3-5-9-15)21(28)25-18(20(24)27)12-16-10-6-7-11-17(16)23/h3-11,14,18-19H,12-13H2,1-2H3,(H2,24,27)(H,25,28)(H,26,29)/t18-,19-/m1/s1. The predicted molar refractivity (Wildman–Crippen MR) is 110 cm³/mol. The van der Waals surface area contributed by atoms with Crippen LogP contribution in [0.15, 0.2) is 54.6 Å². The second-order valence-electron chi connectivity index (χ2n) is 7.19. The van der Waals surface area contributed by atoms with E-state index in [2.05, 4.69) is 10.6 Å². The summed E-state index contributed by atoms with van der Waals surface area (Å²) in [6, 6.07) is 12.9. The molecule has 0 radical (unpaired) electrons. The summed E-state index contributed by atoms with van der Waals surface area (Å²) in [6.07, 6.45) is -0.866. The maximum absolute atomic E-state index is 13.9. The molecule has 0 aromatic heterocycles. The number of ether oxygens (including phenoxy) is 1. The fraction of sp³-hybridized carbons (Fsp3) is 0.318. The molecule has 0 unspecified atom stereocenters. The molecule has 7 nitrogen and oxygen atoms in total. The average molecular weight is 415 g/mol. The largest absolute Gasteiger partial charge is 0.445 e. The van der Waals surface area contributed by atoms with Gasteiger partial charge in [-0.25, -0.2) is 9.18 Å². The van der Waals surface area contributed by atoms with Gasteiger partial charge in [-0.2, -0.15) is 0 Å². The van der Waals surface area contributed by atoms with Gasteiger partial charge in [0.1, 0.15) is 24.5 Å². The number of benzene rings is 2. The Balaban J connectivity index is 1.99. The first-order valence-corrected chi connectivity index (χ1v) is 9.58. The highest BCUT2D eigenvalue weighted by atomic mass is 19.1. The zero-order valence-electron chi connectivity index (χ0n) is 16.9. The van der Waals surface area contributed by atoms with Crippen LogP contribution in [0.25, 0.3) is 0 Å². The Labute approximate surface area is 174 Å². The van der Waals surface area contributed by atoms with Crippen molar-refractivity contribution >= 4 is 17.9 Å². The zero-order chi connectivity index (χ0) is 22.1. The zero-order valence-corrected chi connectivity index (χ0v) is 16.9. The molecule has 0 aliphatic heterocycles. The van der Waals surface area contributed by atoms with Crippen LogP contribution in [0.3, 0.4) is 0 Å². The number of hydrogen-bond acceptors (Lipinski definition) is 4. The molecule has 2 atom stereocenters. The number of nitrogens with one attached hydrogen (secondary N) is 2. The third-order valence-corrected chi connectivity index (χ3v) is 4.48. The minimum absolute atomic E-state index is 0.0519. The monoisotopic (exact) mass is 415 g/mol. The summed E-state index contributed by atoms with van der Waals surface area (Å²) in [5.41, 5.74) is 6.44. The molecule has 0 aliphatic carbocycles. The predicted octanol–water partition coefficient (Wildman–Crippen LogP) is 2.29. The third-order valence-electron chi connectivity index (χ3n) is 4.48. The third kappa shape index (κ3) is 6.88. The van der Waals surface area contributed by atoms with E-state index in [-0.39, 0.29) is 24.5 Å². The van der Waals surface area contributed by atoms with E-state index in [9.17, 15) is 18.8 Å². The number of alkyl carbamates (subject to hydrolysis) is 1. The summed E-state index contributed by atoms with van der Waals surface area (Å²) in [5, 5.41) is 5.01. The molecular weight excluding hydrogens is 389 g/mol. The van der Waals surface area contributed by atoms with Gasteiger partial charge in [0.25, 0.3) is 0 Å². The van der Waals surface area contributed by atoms with E-state index in [0.29, 0.717) is 0 Å². The SMILES string of the molecule is CC(C)[C@@H](NC(=O)OCc1ccccc1)C(=O)N[C@H](Cc1ccccc1F)C(N)=O. The number of carbonyl (C=O) groups is 3. The van der Waals surface area contributed by atoms with E-state index in [1.165, 1.54) is 18.2 Å². The summed E-state index contributed by atoms with van der Waals surface area (Å²) < 4.78 is 19.0. The van der Waals surface area contributed by atoms with Gasteiger partial charge in [-0.1, -0.05) is 62.4 Å². The fourth-order valence-electron chi connectivity index (χ4n) is 2.79. The molecule has 30 heavy (non-hydrogen) atoms. The lowest BCUT2D eigenvalue weighted by molar-refractivity contribution is -0.129. The normalized spacial score (nSPS) is 12.7. The number of rotatable bonds is 9. The Morgan fingerprint density at radius 3 is 2.23 bits per heavy atom. The van der Waals surface area contributed by atoms with Gasteiger partial charge in [0, 0.05) is 6.42 Å². The van der Waals surface area contributed by atoms with Crippen LogP contribution >= 0.6 is 0 Å². The Bertz CT molecular complexity index is 874. The van der Waals surface area contributed by atoms with Gasteiger partial charge >= 0.3 is 6.09 Å². The van der Waals surface area contributed by atoms with Crippen molar-refractivity contribution in [2.24, 2.45) is 11.7 Å². The van der Waals surface area contributed by atoms with Crippen molar-refractivity contribution in [3.8, 4) is 0 Å². The number of halogens is 1. The minimum Gasteiger partial charge on any atom is -0.445 e. The first-order chi connectivity index (χ1) is 14.3. The summed E-state index contributed by atoms with van der Waals surface area (Å²) in [5.74, 6) is -2.21. The lowest BCUT2D eigenvalue weighted by atomic mass is 10.0. The Kier molecular flexibility index (Phi) is 8.34. The van der Waals surface area contributed by atoms with Gasteiger partial charge in [0.15, 0.2) is 0 Å². The highest BCUT2D eigenvalue weighted by Crippen LogP contribution is 2.10. The van der Waals surface area contributed by atoms with Crippen molar-refractivity contribution in [3.63, 3.8) is 0 Å². The van der Waals surface area contributed by atoms with Gasteiger partial charge in [0.05, 0.1) is 0 Å². The number of nitrogens with two attached hydrogens (primary N) is 1. The van der Waals surface area contributed by atoms with Crippen molar-refractivity contribution in [1.29, 1.82) is 0 Å². The molecule has 160 valence electrons. The minimum atomic E-state index is -1.13. The Morgan fingerprint density at radius 1 is 1.00 bits per heavy atom. The van der Waals surface area contributed by atoms with E-state index in [1.807, 2.05) is 18.2 Å². The van der Waals surface area contributed by atoms with Crippen LogP contribution in [0, 0.1) is 11.7 Å². The van der Waals surface area contributed by atoms with Crippen LogP contribution in [0.5, 0.6) is 0 Å². The van der Waals surface area contributed by atoms with Crippen molar-refractivity contribution in [2.45, 2.75) is 39.0 Å². The lowest BCUT2D eigenvalue weighted by Gasteiger charge is -2.24. The van der Waals surface area contributed by atoms with Gasteiger partial charge in [-0.3, -0.25) is 9.59 Å². The van der Waals surface area contributed by atoms with Gasteiger partial charge in [-0.15, -0.1) is 0 Å². The molecule has 0 aliphatic rings. The van der Waals surface area contributed by atoms with Gasteiger partial charge in [-0.05, 0) is 23.1 Å². The van der Waals surface area contributed by atoms with Crippen LogP contribution < -0.4 is 16.4 Å². The van der Waals surface area contributed by atoms with Gasteiger partial charge < -0.3 is 21.1 Å². The molecule has 8 heteroatoms. The van der Waals surface area contributed by atoms with Crippen LogP contribution in [0.1, 0.15) is 25.0 Å². The summed E-state index contributed by atoms with van der Waals surface area (Å²) >= 11 is 0. The van der Waals surface area contributed by atoms with E-state index in [0.717, 1.165) is 5.56 Å². The van der Waals surface area contributed by atoms with Crippen LogP contribution in [0.2, 0.25) is 0 Å². The topological polar surface area (TPSA) is 111 Å². The van der Waals surface area contributed by atoms with E-state index >= 15 is 0 Å². The number of amides is 3. The molecule has 3 amide bonds. The summed E-state index contributed by atoms with van der Waals surface area (Å²) in [4.78, 5) is 36.6. The smallest absolute Gasteiger partial charge is 0.408 e. The quantitative estimate of drug-likeness (QED) is 0.584. The number of hydrogen-bond donors (Lipinski definition) is 3. The molecule has 2 aromatic rings. The number of primary amides is 1. The van der Waals surface area contributed by atoms with Crippen molar-refractivity contribution in [3.05, 3.63) is 71.5 Å². The first kappa shape index (κ1) is 22.9. The highest BCUT2D eigenvalue weighted by Gasteiger charge is 2.29. The van der Waals surface area contributed by atoms with Crippen LogP contribution in [0.4, 0.5) is 9.18 Å². The lowest BCUT2D eigenvalue weighted by Crippen LogP contribution is -2.55. The fourth-order valence-corrected chi connectivity index (χ4v) is 2.79. The molecule has 2 rings (SSSR count). The first-order valence-electron chi connectivity index (χ1n) is 9.58. The maximum Gasteiger partial charge on any atom is 0.408 e. The molecule has 0 saturated heterocycles. The maximum atomic E-state index is 13.9. The van der Waals surface area contributed by atoms with Gasteiger partial charge in [0.2, 0.25) is 11.8 Å². The molecule has 0 heterocycles. The molecule has 4 N–H and O–H groups in total. The molecular formula is C22H26FN3O4. The molecule has 0 saturated carbocycles. The number of carbonyl (C=O) groups excluding carboxylic acids is 3.